The van der Waals surface area contributed by atoms with Crippen LogP contribution in [-0.4, -0.2) is 23.1 Å². The van der Waals surface area contributed by atoms with E-state index in [0.717, 1.165) is 5.56 Å². The Kier molecular flexibility index (Phi) is 9.03. The van der Waals surface area contributed by atoms with Gasteiger partial charge in [0.2, 0.25) is 0 Å². The second kappa shape index (κ2) is 7.13. The zero-order valence-electron chi connectivity index (χ0n) is 5.68. The summed E-state index contributed by atoms with van der Waals surface area (Å²) in [6.07, 6.45) is 1.78. The van der Waals surface area contributed by atoms with Crippen molar-refractivity contribution in [1.29, 1.82) is 0 Å². The second-order valence-corrected chi connectivity index (χ2v) is 1.52. The van der Waals surface area contributed by atoms with Gasteiger partial charge in [-0.25, -0.2) is 0 Å². The van der Waals surface area contributed by atoms with E-state index < -0.39 is 0 Å². The van der Waals surface area contributed by atoms with Crippen molar-refractivity contribution in [3.63, 3.8) is 0 Å². The summed E-state index contributed by atoms with van der Waals surface area (Å²) >= 11 is 0. The molecule has 0 spiro atoms. The molecule has 1 aromatic carbocycles. The van der Waals surface area contributed by atoms with Crippen molar-refractivity contribution < 1.29 is 12.4 Å². The fourth-order valence-electron chi connectivity index (χ4n) is 0.534. The average Bonchev–Trinajstić information content (AvgIpc) is 1.90. The van der Waals surface area contributed by atoms with E-state index in [0.29, 0.717) is 0 Å². The minimum absolute atomic E-state index is 0. The molecule has 0 radical (unpaired) electrons. The maximum Gasteiger partial charge on any atom is 2.00 e. The maximum absolute atomic E-state index is 3.60. The first-order valence-electron chi connectivity index (χ1n) is 2.52. The molecule has 0 saturated carbocycles. The summed E-state index contributed by atoms with van der Waals surface area (Å²) in [6.45, 7) is 3.60. The van der Waals surface area contributed by atoms with Gasteiger partial charge in [-0.15, -0.1) is 43.0 Å². The van der Waals surface area contributed by atoms with Gasteiger partial charge in [-0.2, -0.15) is 5.56 Å². The Morgan fingerprint density at radius 2 is 2.10 bits per heavy atom. The molecule has 0 N–H and O–H groups in total. The molecule has 10 heavy (non-hydrogen) atoms. The van der Waals surface area contributed by atoms with Gasteiger partial charge in [0, 0.05) is 0 Å². The first-order chi connectivity index (χ1) is 3.93. The summed E-state index contributed by atoms with van der Waals surface area (Å²) in [6, 6.07) is 10.7. The Morgan fingerprint density at radius 1 is 1.40 bits per heavy atom. The van der Waals surface area contributed by atoms with Crippen LogP contribution in [0.3, 0.4) is 0 Å². The van der Waals surface area contributed by atoms with Crippen LogP contribution in [0, 0.1) is 6.07 Å². The summed E-state index contributed by atoms with van der Waals surface area (Å²) in [5.41, 5.74) is 1.05. The summed E-state index contributed by atoms with van der Waals surface area (Å²) in [5.74, 6) is 0. The van der Waals surface area contributed by atoms with E-state index in [4.69, 9.17) is 0 Å². The molecule has 0 aromatic heterocycles. The number of hydrogen-bond acceptors (Lipinski definition) is 0. The van der Waals surface area contributed by atoms with E-state index in [1.807, 2.05) is 24.3 Å². The maximum atomic E-state index is 3.60. The third kappa shape index (κ3) is 3.93. The molecule has 0 amide bonds. The molecule has 1 aromatic rings. The van der Waals surface area contributed by atoms with Gasteiger partial charge in [-0.1, -0.05) is 0 Å². The molecule has 0 saturated heterocycles. The van der Waals surface area contributed by atoms with E-state index in [2.05, 4.69) is 12.6 Å². The largest absolute Gasteiger partial charge is 2.00 e. The quantitative estimate of drug-likeness (QED) is 0.358. The van der Waals surface area contributed by atoms with Crippen LogP contribution in [0.4, 0.5) is 0 Å². The molecule has 1 rings (SSSR count). The number of benzene rings is 1. The Labute approximate surface area is 83.9 Å². The summed E-state index contributed by atoms with van der Waals surface area (Å²) in [4.78, 5) is 0. The van der Waals surface area contributed by atoms with E-state index in [9.17, 15) is 0 Å². The fourth-order valence-corrected chi connectivity index (χ4v) is 0.534. The molecule has 48 valence electrons. The van der Waals surface area contributed by atoms with Gasteiger partial charge in [0.05, 0.1) is 0 Å². The number of hydrogen-bond donors (Lipinski definition) is 0. The van der Waals surface area contributed by atoms with E-state index in [-0.39, 0.29) is 35.5 Å². The molecule has 0 fully saturated rings. The minimum Gasteiger partial charge on any atom is -1.00 e. The van der Waals surface area contributed by atoms with Crippen molar-refractivity contribution in [1.82, 2.24) is 0 Å². The van der Waals surface area contributed by atoms with Gasteiger partial charge in [-0.05, 0) is 0 Å². The van der Waals surface area contributed by atoms with Gasteiger partial charge in [-0.3, -0.25) is 0 Å². The van der Waals surface area contributed by atoms with Gasteiger partial charge in [0.25, 0.3) is 0 Å². The van der Waals surface area contributed by atoms with Crippen molar-refractivity contribution in [2.75, 3.05) is 0 Å². The molecule has 2 heteroatoms. The average molecular weight is 163 g/mol. The molecule has 0 unspecified atom stereocenters. The van der Waals surface area contributed by atoms with Crippen LogP contribution in [0.2, 0.25) is 0 Å². The smallest absolute Gasteiger partial charge is 1.00 e. The molecule has 0 bridgehead atoms. The van der Waals surface area contributed by atoms with Crippen molar-refractivity contribution >= 4 is 29.1 Å². The summed E-state index contributed by atoms with van der Waals surface area (Å²) in [7, 11) is 0. The monoisotopic (exact) mass is 162 g/mol. The third-order valence-electron chi connectivity index (χ3n) is 0.953. The zero-order valence-corrected chi connectivity index (χ0v) is 7.85. The van der Waals surface area contributed by atoms with Crippen molar-refractivity contribution in [2.24, 2.45) is 0 Å². The predicted octanol–water partition coefficient (Wildman–Crippen LogP) is -1.25. The normalized spacial score (nSPS) is 6.80. The molecular formula is C8H7ClMg. The van der Waals surface area contributed by atoms with Crippen LogP contribution in [0.25, 0.3) is 6.08 Å². The van der Waals surface area contributed by atoms with E-state index in [1.165, 1.54) is 0 Å². The predicted molar refractivity (Wildman–Crippen MR) is 41.1 cm³/mol. The standard InChI is InChI=1S/C8H7.ClH.Mg/c1-2-8-6-4-3-5-7-8;;/h2-6H,1H2;1H;/q-1;;+2/p-1. The van der Waals surface area contributed by atoms with Crippen LogP contribution < -0.4 is 12.4 Å². The van der Waals surface area contributed by atoms with Crippen molar-refractivity contribution in [3.8, 4) is 0 Å². The molecular weight excluding hydrogens is 156 g/mol. The topological polar surface area (TPSA) is 0 Å². The van der Waals surface area contributed by atoms with Crippen LogP contribution in [0.1, 0.15) is 5.56 Å². The molecule has 0 atom stereocenters. The summed E-state index contributed by atoms with van der Waals surface area (Å²) < 4.78 is 0. The minimum atomic E-state index is 0. The molecule has 0 nitrogen and oxygen atoms in total. The van der Waals surface area contributed by atoms with Crippen molar-refractivity contribution in [3.05, 3.63) is 42.5 Å². The van der Waals surface area contributed by atoms with Crippen molar-refractivity contribution in [2.45, 2.75) is 0 Å². The number of rotatable bonds is 1. The van der Waals surface area contributed by atoms with E-state index in [1.54, 1.807) is 6.08 Å². The van der Waals surface area contributed by atoms with Gasteiger partial charge in [0.15, 0.2) is 0 Å². The molecule has 0 aliphatic heterocycles. The first kappa shape index (κ1) is 12.7. The Bertz CT molecular complexity index is 172. The zero-order chi connectivity index (χ0) is 5.82. The van der Waals surface area contributed by atoms with Gasteiger partial charge < -0.3 is 12.4 Å². The van der Waals surface area contributed by atoms with Crippen LogP contribution in [-0.2, 0) is 0 Å². The molecule has 0 heterocycles. The molecule has 0 aliphatic carbocycles. The van der Waals surface area contributed by atoms with Crippen LogP contribution in [0.15, 0.2) is 30.8 Å². The Balaban J connectivity index is 0. The van der Waals surface area contributed by atoms with E-state index >= 15 is 0 Å². The first-order valence-corrected chi connectivity index (χ1v) is 2.52. The Morgan fingerprint density at radius 3 is 2.40 bits per heavy atom. The van der Waals surface area contributed by atoms with Crippen LogP contribution >= 0.6 is 0 Å². The van der Waals surface area contributed by atoms with Gasteiger partial charge >= 0.3 is 23.1 Å². The third-order valence-corrected chi connectivity index (χ3v) is 0.953. The number of halogens is 1. The second-order valence-electron chi connectivity index (χ2n) is 1.52. The Hall–Kier alpha value is 0.0162. The SMILES string of the molecule is C=Cc1[c-]cccc1.[Cl-].[Mg+2]. The summed E-state index contributed by atoms with van der Waals surface area (Å²) in [5, 5.41) is 0. The fraction of sp³-hybridized carbons (Fsp3) is 0. The van der Waals surface area contributed by atoms with Gasteiger partial charge in [0.1, 0.15) is 0 Å². The van der Waals surface area contributed by atoms with Crippen LogP contribution in [0.5, 0.6) is 0 Å². The molecule has 0 aliphatic rings.